The lowest BCUT2D eigenvalue weighted by atomic mass is 9.97. The predicted molar refractivity (Wildman–Crippen MR) is 130 cm³/mol. The fourth-order valence-electron chi connectivity index (χ4n) is 4.08. The molecule has 158 valence electrons. The van der Waals surface area contributed by atoms with Crippen LogP contribution < -0.4 is 21.7 Å². The summed E-state index contributed by atoms with van der Waals surface area (Å²) in [6, 6.07) is 29.6. The van der Waals surface area contributed by atoms with E-state index in [1.54, 1.807) is 24.3 Å². The zero-order chi connectivity index (χ0) is 22.2. The van der Waals surface area contributed by atoms with Gasteiger partial charge < -0.3 is 10.2 Å². The van der Waals surface area contributed by atoms with Crippen molar-refractivity contribution in [1.29, 1.82) is 0 Å². The predicted octanol–water partition coefficient (Wildman–Crippen LogP) is 5.43. The molecule has 0 amide bonds. The van der Waals surface area contributed by atoms with Gasteiger partial charge in [-0.3, -0.25) is 10.0 Å². The summed E-state index contributed by atoms with van der Waals surface area (Å²) >= 11 is 0. The molecule has 32 heavy (non-hydrogen) atoms. The standard InChI is InChI=1S/C26H22N4O2/c27-29(17-9-3-1-4-10-17)21-15-16-22(30(28)18-11-5-2-6-12-18)24-23(21)25(31)19-13-7-8-14-20(19)26(24)32/h1-16,31-32H,27-28H2. The normalized spacial score (nSPS) is 11.1. The fourth-order valence-corrected chi connectivity index (χ4v) is 4.08. The number of nitrogens with two attached hydrogens (primary N) is 2. The molecule has 0 saturated heterocycles. The van der Waals surface area contributed by atoms with E-state index in [0.29, 0.717) is 32.9 Å². The van der Waals surface area contributed by atoms with E-state index in [2.05, 4.69) is 0 Å². The summed E-state index contributed by atoms with van der Waals surface area (Å²) in [6.45, 7) is 0. The zero-order valence-corrected chi connectivity index (χ0v) is 17.2. The molecule has 0 aliphatic carbocycles. The van der Waals surface area contributed by atoms with Crippen LogP contribution in [0.3, 0.4) is 0 Å². The zero-order valence-electron chi connectivity index (χ0n) is 17.2. The number of para-hydroxylation sites is 2. The Morgan fingerprint density at radius 2 is 0.812 bits per heavy atom. The van der Waals surface area contributed by atoms with Crippen molar-refractivity contribution in [2.75, 3.05) is 10.0 Å². The number of hydrogen-bond donors (Lipinski definition) is 4. The first-order chi connectivity index (χ1) is 15.6. The van der Waals surface area contributed by atoms with E-state index in [9.17, 15) is 10.2 Å². The van der Waals surface area contributed by atoms with Gasteiger partial charge in [-0.2, -0.15) is 0 Å². The van der Waals surface area contributed by atoms with Crippen molar-refractivity contribution in [3.63, 3.8) is 0 Å². The lowest BCUT2D eigenvalue weighted by Crippen LogP contribution is -2.27. The lowest BCUT2D eigenvalue weighted by Gasteiger charge is -2.26. The molecule has 0 atom stereocenters. The van der Waals surface area contributed by atoms with E-state index in [1.807, 2.05) is 72.8 Å². The second-order valence-electron chi connectivity index (χ2n) is 7.51. The van der Waals surface area contributed by atoms with E-state index in [-0.39, 0.29) is 11.5 Å². The van der Waals surface area contributed by atoms with Gasteiger partial charge in [0, 0.05) is 10.8 Å². The summed E-state index contributed by atoms with van der Waals surface area (Å²) in [5.74, 6) is 13.0. The van der Waals surface area contributed by atoms with Crippen LogP contribution in [0, 0.1) is 0 Å². The SMILES string of the molecule is NN(c1ccccc1)c1ccc(N(N)c2ccccc2)c2c(O)c3ccccc3c(O)c12. The number of aromatic hydroxyl groups is 2. The Morgan fingerprint density at radius 1 is 0.469 bits per heavy atom. The second kappa shape index (κ2) is 7.77. The van der Waals surface area contributed by atoms with Crippen molar-refractivity contribution in [3.8, 4) is 11.5 Å². The monoisotopic (exact) mass is 422 g/mol. The molecule has 5 aromatic carbocycles. The van der Waals surface area contributed by atoms with Gasteiger partial charge in [0.15, 0.2) is 0 Å². The number of rotatable bonds is 4. The Bertz CT molecular complexity index is 1310. The molecule has 0 saturated carbocycles. The van der Waals surface area contributed by atoms with Crippen LogP contribution in [0.15, 0.2) is 97.1 Å². The molecule has 0 unspecified atom stereocenters. The van der Waals surface area contributed by atoms with Gasteiger partial charge in [0.1, 0.15) is 11.5 Å². The van der Waals surface area contributed by atoms with Crippen LogP contribution in [-0.4, -0.2) is 10.2 Å². The van der Waals surface area contributed by atoms with Gasteiger partial charge in [-0.15, -0.1) is 0 Å². The Hall–Kier alpha value is -4.26. The van der Waals surface area contributed by atoms with Crippen molar-refractivity contribution in [2.24, 2.45) is 11.7 Å². The molecule has 6 heteroatoms. The third kappa shape index (κ3) is 3.06. The highest BCUT2D eigenvalue weighted by atomic mass is 16.3. The van der Waals surface area contributed by atoms with Crippen LogP contribution >= 0.6 is 0 Å². The number of phenols is 2. The summed E-state index contributed by atoms with van der Waals surface area (Å²) in [7, 11) is 0. The molecule has 0 heterocycles. The summed E-state index contributed by atoms with van der Waals surface area (Å²) < 4.78 is 0. The minimum absolute atomic E-state index is 0.0260. The van der Waals surface area contributed by atoms with Crippen LogP contribution in [0.1, 0.15) is 0 Å². The number of hydrogen-bond acceptors (Lipinski definition) is 6. The molecule has 0 aliphatic rings. The van der Waals surface area contributed by atoms with Gasteiger partial charge in [-0.25, -0.2) is 11.7 Å². The van der Waals surface area contributed by atoms with E-state index >= 15 is 0 Å². The van der Waals surface area contributed by atoms with Crippen molar-refractivity contribution in [1.82, 2.24) is 0 Å². The summed E-state index contributed by atoms with van der Waals surface area (Å²) in [4.78, 5) is 0. The molecule has 5 aromatic rings. The summed E-state index contributed by atoms with van der Waals surface area (Å²) in [6.07, 6.45) is 0. The Morgan fingerprint density at radius 3 is 1.19 bits per heavy atom. The number of phenolic OH excluding ortho intramolecular Hbond substituents is 2. The molecule has 0 spiro atoms. The molecule has 0 radical (unpaired) electrons. The van der Waals surface area contributed by atoms with Crippen LogP contribution in [-0.2, 0) is 0 Å². The third-order valence-electron chi connectivity index (χ3n) is 5.66. The van der Waals surface area contributed by atoms with E-state index in [1.165, 1.54) is 10.0 Å². The van der Waals surface area contributed by atoms with Crippen molar-refractivity contribution in [2.45, 2.75) is 0 Å². The highest BCUT2D eigenvalue weighted by molar-refractivity contribution is 6.19. The molecule has 0 bridgehead atoms. The van der Waals surface area contributed by atoms with Gasteiger partial charge in [-0.05, 0) is 36.4 Å². The van der Waals surface area contributed by atoms with E-state index < -0.39 is 0 Å². The summed E-state index contributed by atoms with van der Waals surface area (Å²) in [5.41, 5.74) is 2.55. The molecule has 6 nitrogen and oxygen atoms in total. The number of hydrazine groups is 2. The first-order valence-corrected chi connectivity index (χ1v) is 10.2. The average Bonchev–Trinajstić information content (AvgIpc) is 2.86. The van der Waals surface area contributed by atoms with Crippen LogP contribution in [0.4, 0.5) is 22.7 Å². The minimum Gasteiger partial charge on any atom is -0.507 e. The molecule has 0 aliphatic heterocycles. The molecular formula is C26H22N4O2. The van der Waals surface area contributed by atoms with Crippen LogP contribution in [0.25, 0.3) is 21.5 Å². The highest BCUT2D eigenvalue weighted by Gasteiger charge is 2.23. The highest BCUT2D eigenvalue weighted by Crippen LogP contribution is 2.49. The quantitative estimate of drug-likeness (QED) is 0.133. The van der Waals surface area contributed by atoms with Crippen LogP contribution in [0.2, 0.25) is 0 Å². The summed E-state index contributed by atoms with van der Waals surface area (Å²) in [5, 5.41) is 27.5. The lowest BCUT2D eigenvalue weighted by molar-refractivity contribution is 0.478. The molecule has 5 rings (SSSR count). The van der Waals surface area contributed by atoms with Gasteiger partial charge in [0.05, 0.1) is 33.5 Å². The molecule has 0 fully saturated rings. The van der Waals surface area contributed by atoms with Crippen molar-refractivity contribution in [3.05, 3.63) is 97.1 Å². The van der Waals surface area contributed by atoms with E-state index in [4.69, 9.17) is 11.7 Å². The Kier molecular flexibility index (Phi) is 4.78. The Balaban J connectivity index is 1.86. The maximum Gasteiger partial charge on any atom is 0.133 e. The first-order valence-electron chi connectivity index (χ1n) is 10.2. The van der Waals surface area contributed by atoms with Crippen molar-refractivity contribution >= 4 is 44.3 Å². The Labute approximate surface area is 185 Å². The average molecular weight is 422 g/mol. The smallest absolute Gasteiger partial charge is 0.133 e. The number of benzene rings is 5. The second-order valence-corrected chi connectivity index (χ2v) is 7.51. The first kappa shape index (κ1) is 19.7. The van der Waals surface area contributed by atoms with Gasteiger partial charge in [0.2, 0.25) is 0 Å². The van der Waals surface area contributed by atoms with Crippen LogP contribution in [0.5, 0.6) is 11.5 Å². The topological polar surface area (TPSA) is 99.0 Å². The number of fused-ring (bicyclic) bond motifs is 2. The largest absolute Gasteiger partial charge is 0.507 e. The maximum atomic E-state index is 11.3. The maximum absolute atomic E-state index is 11.3. The van der Waals surface area contributed by atoms with Gasteiger partial charge in [0.25, 0.3) is 0 Å². The minimum atomic E-state index is 0.0260. The van der Waals surface area contributed by atoms with Gasteiger partial charge in [-0.1, -0.05) is 60.7 Å². The molecule has 0 aromatic heterocycles. The molecule has 6 N–H and O–H groups in total. The molecular weight excluding hydrogens is 400 g/mol. The number of nitrogens with zero attached hydrogens (tertiary/aromatic N) is 2. The number of anilines is 4. The van der Waals surface area contributed by atoms with E-state index in [0.717, 1.165) is 11.4 Å². The van der Waals surface area contributed by atoms with Crippen molar-refractivity contribution < 1.29 is 10.2 Å². The van der Waals surface area contributed by atoms with Gasteiger partial charge >= 0.3 is 0 Å². The fraction of sp³-hybridized carbons (Fsp3) is 0. The third-order valence-corrected chi connectivity index (χ3v) is 5.66.